The molecular formula is C23H19NO5S. The van der Waals surface area contributed by atoms with Crippen LogP contribution in [0.5, 0.6) is 11.5 Å². The van der Waals surface area contributed by atoms with Crippen molar-refractivity contribution in [2.45, 2.75) is 25.5 Å². The van der Waals surface area contributed by atoms with Gasteiger partial charge in [-0.05, 0) is 42.8 Å². The first-order valence-electron chi connectivity index (χ1n) is 9.58. The molecule has 1 atom stereocenters. The Balaban J connectivity index is 1.47. The van der Waals surface area contributed by atoms with Gasteiger partial charge in [0.2, 0.25) is 6.79 Å². The van der Waals surface area contributed by atoms with Gasteiger partial charge >= 0.3 is 0 Å². The molecule has 0 spiro atoms. The highest BCUT2D eigenvalue weighted by atomic mass is 32.1. The van der Waals surface area contributed by atoms with Crippen molar-refractivity contribution in [2.24, 2.45) is 0 Å². The molecule has 2 aromatic carbocycles. The third kappa shape index (κ3) is 2.98. The van der Waals surface area contributed by atoms with E-state index in [1.54, 1.807) is 30.3 Å². The molecule has 5 rings (SSSR count). The Morgan fingerprint density at radius 3 is 2.73 bits per heavy atom. The highest BCUT2D eigenvalue weighted by Gasteiger charge is 2.50. The lowest BCUT2D eigenvalue weighted by molar-refractivity contribution is -0.136. The van der Waals surface area contributed by atoms with Crippen molar-refractivity contribution in [3.05, 3.63) is 75.5 Å². The maximum Gasteiger partial charge on any atom is 0.264 e. The van der Waals surface area contributed by atoms with Crippen LogP contribution in [0.2, 0.25) is 0 Å². The molecule has 1 aromatic heterocycles. The smallest absolute Gasteiger partial charge is 0.264 e. The van der Waals surface area contributed by atoms with Crippen molar-refractivity contribution in [1.82, 2.24) is 0 Å². The Hall–Kier alpha value is -3.16. The van der Waals surface area contributed by atoms with E-state index in [2.05, 4.69) is 0 Å². The number of nitrogens with zero attached hydrogens (tertiary/aromatic N) is 1. The first-order chi connectivity index (χ1) is 14.5. The van der Waals surface area contributed by atoms with Gasteiger partial charge in [0.05, 0.1) is 23.5 Å². The molecule has 6 nitrogen and oxygen atoms in total. The molecule has 0 fully saturated rings. The Labute approximate surface area is 177 Å². The minimum absolute atomic E-state index is 0.175. The van der Waals surface area contributed by atoms with Crippen LogP contribution < -0.4 is 14.4 Å². The first kappa shape index (κ1) is 18.8. The van der Waals surface area contributed by atoms with Crippen LogP contribution >= 0.6 is 11.3 Å². The van der Waals surface area contributed by atoms with Gasteiger partial charge in [0.1, 0.15) is 0 Å². The fourth-order valence-corrected chi connectivity index (χ4v) is 4.77. The average Bonchev–Trinajstić information content (AvgIpc) is 3.43. The number of benzene rings is 2. The number of carbonyl (C=O) groups excluding carboxylic acids is 2. The zero-order valence-corrected chi connectivity index (χ0v) is 17.1. The number of fused-ring (bicyclic) bond motifs is 2. The van der Waals surface area contributed by atoms with Crippen LogP contribution in [-0.2, 0) is 16.9 Å². The summed E-state index contributed by atoms with van der Waals surface area (Å²) in [6, 6.07) is 16.2. The van der Waals surface area contributed by atoms with Crippen LogP contribution in [0.4, 0.5) is 5.69 Å². The number of thiophene rings is 1. The average molecular weight is 421 g/mol. The van der Waals surface area contributed by atoms with E-state index in [4.69, 9.17) is 9.47 Å². The van der Waals surface area contributed by atoms with Crippen LogP contribution in [0.3, 0.4) is 0 Å². The number of rotatable bonds is 5. The summed E-state index contributed by atoms with van der Waals surface area (Å²) >= 11 is 1.36. The minimum atomic E-state index is -1.89. The number of para-hydroxylation sites is 1. The molecule has 3 heterocycles. The normalized spacial score (nSPS) is 19.3. The number of amides is 1. The molecule has 152 valence electrons. The number of aryl methyl sites for hydroxylation is 1. The second-order valence-corrected chi connectivity index (χ2v) is 8.75. The zero-order chi connectivity index (χ0) is 20.9. The summed E-state index contributed by atoms with van der Waals surface area (Å²) in [6.07, 6.45) is -0.291. The maximum absolute atomic E-state index is 13.4. The summed E-state index contributed by atoms with van der Waals surface area (Å²) in [5.41, 5.74) is 0.0177. The van der Waals surface area contributed by atoms with Crippen LogP contribution in [-0.4, -0.2) is 23.6 Å². The molecule has 0 aliphatic carbocycles. The fourth-order valence-electron chi connectivity index (χ4n) is 3.96. The summed E-state index contributed by atoms with van der Waals surface area (Å²) in [4.78, 5) is 29.3. The number of hydrogen-bond acceptors (Lipinski definition) is 6. The van der Waals surface area contributed by atoms with E-state index in [1.165, 1.54) is 16.2 Å². The molecule has 7 heteroatoms. The number of ether oxygens (including phenoxy) is 2. The second-order valence-electron chi connectivity index (χ2n) is 7.47. The highest BCUT2D eigenvalue weighted by Crippen LogP contribution is 2.44. The number of hydrogen-bond donors (Lipinski definition) is 1. The van der Waals surface area contributed by atoms with E-state index in [-0.39, 0.29) is 25.5 Å². The fraction of sp³-hybridized carbons (Fsp3) is 0.217. The van der Waals surface area contributed by atoms with Gasteiger partial charge in [0.25, 0.3) is 5.91 Å². The molecule has 3 aromatic rings. The molecule has 0 saturated carbocycles. The number of aliphatic hydroxyl groups is 1. The van der Waals surface area contributed by atoms with Crippen LogP contribution in [0.1, 0.15) is 32.1 Å². The molecule has 0 radical (unpaired) electrons. The largest absolute Gasteiger partial charge is 0.454 e. The van der Waals surface area contributed by atoms with Gasteiger partial charge in [-0.15, -0.1) is 11.3 Å². The van der Waals surface area contributed by atoms with E-state index in [0.29, 0.717) is 27.6 Å². The third-order valence-electron chi connectivity index (χ3n) is 5.45. The molecule has 2 aliphatic rings. The van der Waals surface area contributed by atoms with Gasteiger partial charge in [-0.2, -0.15) is 0 Å². The van der Waals surface area contributed by atoms with Crippen LogP contribution in [0.25, 0.3) is 0 Å². The summed E-state index contributed by atoms with van der Waals surface area (Å²) in [6.45, 7) is 2.34. The third-order valence-corrected chi connectivity index (χ3v) is 6.49. The Morgan fingerprint density at radius 2 is 1.93 bits per heavy atom. The van der Waals surface area contributed by atoms with E-state index in [0.717, 1.165) is 10.4 Å². The molecule has 1 N–H and O–H groups in total. The standard InChI is InChI=1S/C23H19NO5S/c1-14-6-9-21(30-14)18(25)11-23(27)16-4-2-3-5-17(16)24(22(23)26)12-15-7-8-19-20(10-15)29-13-28-19/h2-10,27H,11-13H2,1H3/t23-/m0/s1. The van der Waals surface area contributed by atoms with E-state index in [9.17, 15) is 14.7 Å². The second kappa shape index (κ2) is 6.97. The van der Waals surface area contributed by atoms with E-state index in [1.807, 2.05) is 31.2 Å². The van der Waals surface area contributed by atoms with Crippen molar-refractivity contribution in [2.75, 3.05) is 11.7 Å². The van der Waals surface area contributed by atoms with Gasteiger partial charge in [-0.3, -0.25) is 9.59 Å². The summed E-state index contributed by atoms with van der Waals surface area (Å²) in [5, 5.41) is 11.4. The lowest BCUT2D eigenvalue weighted by atomic mass is 9.89. The predicted octanol–water partition coefficient (Wildman–Crippen LogP) is 3.79. The Morgan fingerprint density at radius 1 is 1.13 bits per heavy atom. The quantitative estimate of drug-likeness (QED) is 0.635. The summed E-state index contributed by atoms with van der Waals surface area (Å²) < 4.78 is 10.8. The SMILES string of the molecule is Cc1ccc(C(=O)C[C@@]2(O)C(=O)N(Cc3ccc4c(c3)OCO4)c3ccccc32)s1. The van der Waals surface area contributed by atoms with E-state index < -0.39 is 11.5 Å². The Bertz CT molecular complexity index is 1170. The van der Waals surface area contributed by atoms with Gasteiger partial charge in [-0.1, -0.05) is 24.3 Å². The van der Waals surface area contributed by atoms with E-state index >= 15 is 0 Å². The minimum Gasteiger partial charge on any atom is -0.454 e. The molecule has 0 bridgehead atoms. The predicted molar refractivity (Wildman–Crippen MR) is 112 cm³/mol. The Kier molecular flexibility index (Phi) is 4.38. The molecule has 1 amide bonds. The number of ketones is 1. The molecule has 0 saturated heterocycles. The molecule has 0 unspecified atom stereocenters. The van der Waals surface area contributed by atoms with Crippen molar-refractivity contribution >= 4 is 28.7 Å². The van der Waals surface area contributed by atoms with Crippen LogP contribution in [0.15, 0.2) is 54.6 Å². The number of carbonyl (C=O) groups is 2. The molecular weight excluding hydrogens is 402 g/mol. The zero-order valence-electron chi connectivity index (χ0n) is 16.3. The van der Waals surface area contributed by atoms with Crippen molar-refractivity contribution in [3.8, 4) is 11.5 Å². The van der Waals surface area contributed by atoms with Crippen molar-refractivity contribution < 1.29 is 24.2 Å². The van der Waals surface area contributed by atoms with Crippen molar-refractivity contribution in [1.29, 1.82) is 0 Å². The lowest BCUT2D eigenvalue weighted by Crippen LogP contribution is -2.41. The first-order valence-corrected chi connectivity index (χ1v) is 10.4. The summed E-state index contributed by atoms with van der Waals surface area (Å²) in [7, 11) is 0. The monoisotopic (exact) mass is 421 g/mol. The van der Waals surface area contributed by atoms with Gasteiger partial charge in [-0.25, -0.2) is 0 Å². The summed E-state index contributed by atoms with van der Waals surface area (Å²) in [5.74, 6) is 0.554. The van der Waals surface area contributed by atoms with Crippen molar-refractivity contribution in [3.63, 3.8) is 0 Å². The number of anilines is 1. The lowest BCUT2D eigenvalue weighted by Gasteiger charge is -2.22. The van der Waals surface area contributed by atoms with Crippen LogP contribution in [0, 0.1) is 6.92 Å². The van der Waals surface area contributed by atoms with Gasteiger partial charge in [0, 0.05) is 10.4 Å². The molecule has 2 aliphatic heterocycles. The maximum atomic E-state index is 13.4. The van der Waals surface area contributed by atoms with Gasteiger partial charge < -0.3 is 19.5 Å². The highest BCUT2D eigenvalue weighted by molar-refractivity contribution is 7.14. The number of Topliss-reactive ketones (excluding diaryl/α,β-unsaturated/α-hetero) is 1. The topological polar surface area (TPSA) is 76.1 Å². The molecule has 30 heavy (non-hydrogen) atoms. The van der Waals surface area contributed by atoms with Gasteiger partial charge in [0.15, 0.2) is 22.9 Å².